The first kappa shape index (κ1) is 25.7. The third-order valence-electron chi connectivity index (χ3n) is 7.63. The Hall–Kier alpha value is -5.78. The van der Waals surface area contributed by atoms with E-state index in [-0.39, 0.29) is 0 Å². The van der Waals surface area contributed by atoms with E-state index in [1.807, 2.05) is 72.5 Å². The lowest BCUT2D eigenvalue weighted by atomic mass is 9.87. The Morgan fingerprint density at radius 2 is 1.56 bits per heavy atom. The molecule has 0 unspecified atom stereocenters. The molecule has 45 heavy (non-hydrogen) atoms. The molecule has 9 aromatic rings. The average Bonchev–Trinajstić information content (AvgIpc) is 3.93. The number of benzene rings is 2. The normalized spacial score (nSPS) is 11.6. The number of pyridine rings is 1. The number of imidazole rings is 1. The van der Waals surface area contributed by atoms with Gasteiger partial charge < -0.3 is 9.40 Å². The number of nitrogens with zero attached hydrogens (tertiary/aromatic N) is 6. The predicted molar refractivity (Wildman–Crippen MR) is 178 cm³/mol. The molecule has 9 rings (SSSR count). The summed E-state index contributed by atoms with van der Waals surface area (Å²) >= 11 is 3.22. The molecular formula is C34H20N8OS2. The van der Waals surface area contributed by atoms with Crippen LogP contribution in [0.25, 0.3) is 87.6 Å². The lowest BCUT2D eigenvalue weighted by Gasteiger charge is -2.19. The van der Waals surface area contributed by atoms with Gasteiger partial charge in [0, 0.05) is 92.0 Å². The number of thiophene rings is 1. The van der Waals surface area contributed by atoms with E-state index in [4.69, 9.17) is 34.4 Å². The van der Waals surface area contributed by atoms with Crippen molar-refractivity contribution in [2.24, 2.45) is 0 Å². The molecule has 7 heterocycles. The first-order valence-electron chi connectivity index (χ1n) is 14.1. The van der Waals surface area contributed by atoms with Crippen LogP contribution in [0.15, 0.2) is 114 Å². The Morgan fingerprint density at radius 1 is 0.667 bits per heavy atom. The monoisotopic (exact) mass is 620 g/mol. The maximum Gasteiger partial charge on any atom is 0.160 e. The van der Waals surface area contributed by atoms with Crippen LogP contribution in [-0.2, 0) is 0 Å². The minimum Gasteiger partial charge on any atom is -0.455 e. The van der Waals surface area contributed by atoms with Crippen molar-refractivity contribution in [2.45, 2.75) is 0 Å². The first-order valence-corrected chi connectivity index (χ1v) is 15.8. The van der Waals surface area contributed by atoms with Crippen LogP contribution >= 0.6 is 22.7 Å². The molecule has 2 aromatic carbocycles. The van der Waals surface area contributed by atoms with Crippen LogP contribution in [0.1, 0.15) is 0 Å². The standard InChI is InChI=1S/C34H20N8OS2/c1-2-8-22-19(6-1)18-23(43-22)30-25(21-9-13-41-42-21)26-27(32-36-11-5-12-37-32)24(20-7-3-4-10-35-20)28(33-38-14-15-39-33)29(31(26)45-30)34-40-16-17-44-34/h1-18H,(H,38,39)(H,41,42). The molecule has 0 bridgehead atoms. The second-order valence-electron chi connectivity index (χ2n) is 10.2. The molecule has 0 radical (unpaired) electrons. The van der Waals surface area contributed by atoms with Gasteiger partial charge in [-0.2, -0.15) is 5.10 Å². The second kappa shape index (κ2) is 10.4. The number of aromatic nitrogens is 8. The highest BCUT2D eigenvalue weighted by Gasteiger charge is 2.33. The van der Waals surface area contributed by atoms with Crippen LogP contribution in [0.2, 0.25) is 0 Å². The number of aromatic amines is 2. The van der Waals surface area contributed by atoms with Crippen molar-refractivity contribution in [1.82, 2.24) is 40.1 Å². The van der Waals surface area contributed by atoms with Gasteiger partial charge >= 0.3 is 0 Å². The van der Waals surface area contributed by atoms with Gasteiger partial charge in [-0.15, -0.1) is 22.7 Å². The molecule has 9 nitrogen and oxygen atoms in total. The summed E-state index contributed by atoms with van der Waals surface area (Å²) in [5.41, 5.74) is 6.75. The van der Waals surface area contributed by atoms with Crippen LogP contribution in [0, 0.1) is 0 Å². The number of hydrogen-bond acceptors (Lipinski definition) is 9. The summed E-state index contributed by atoms with van der Waals surface area (Å²) in [6.07, 6.45) is 12.6. The summed E-state index contributed by atoms with van der Waals surface area (Å²) < 4.78 is 7.51. The Balaban J connectivity index is 1.56. The smallest absolute Gasteiger partial charge is 0.160 e. The Labute approximate surface area is 263 Å². The van der Waals surface area contributed by atoms with E-state index >= 15 is 0 Å². The fourth-order valence-corrected chi connectivity index (χ4v) is 7.93. The Bertz CT molecular complexity index is 2380. The summed E-state index contributed by atoms with van der Waals surface area (Å²) in [6.45, 7) is 0. The lowest BCUT2D eigenvalue weighted by Crippen LogP contribution is -2.00. The minimum atomic E-state index is 0.562. The molecule has 0 spiro atoms. The zero-order valence-corrected chi connectivity index (χ0v) is 24.9. The van der Waals surface area contributed by atoms with Crippen molar-refractivity contribution in [3.63, 3.8) is 0 Å². The van der Waals surface area contributed by atoms with Crippen molar-refractivity contribution in [3.05, 3.63) is 109 Å². The average molecular weight is 621 g/mol. The summed E-state index contributed by atoms with van der Waals surface area (Å²) in [5.74, 6) is 2.01. The highest BCUT2D eigenvalue weighted by molar-refractivity contribution is 7.24. The van der Waals surface area contributed by atoms with Crippen LogP contribution in [-0.4, -0.2) is 40.1 Å². The molecule has 0 atom stereocenters. The fraction of sp³-hybridized carbons (Fsp3) is 0. The van der Waals surface area contributed by atoms with Gasteiger partial charge in [-0.05, 0) is 36.4 Å². The van der Waals surface area contributed by atoms with Crippen molar-refractivity contribution in [3.8, 4) is 66.5 Å². The molecule has 0 aliphatic rings. The van der Waals surface area contributed by atoms with Gasteiger partial charge in [0.1, 0.15) is 22.2 Å². The third-order valence-corrected chi connectivity index (χ3v) is 9.65. The van der Waals surface area contributed by atoms with Crippen LogP contribution in [0.4, 0.5) is 0 Å². The number of furan rings is 1. The van der Waals surface area contributed by atoms with Crippen molar-refractivity contribution in [2.75, 3.05) is 0 Å². The minimum absolute atomic E-state index is 0.562. The van der Waals surface area contributed by atoms with Crippen LogP contribution in [0.3, 0.4) is 0 Å². The van der Waals surface area contributed by atoms with Gasteiger partial charge in [0.2, 0.25) is 0 Å². The summed E-state index contributed by atoms with van der Waals surface area (Å²) in [5, 5.41) is 12.5. The van der Waals surface area contributed by atoms with Gasteiger partial charge in [-0.3, -0.25) is 10.1 Å². The molecule has 0 aliphatic carbocycles. The number of rotatable bonds is 6. The molecule has 0 fully saturated rings. The molecule has 2 N–H and O–H groups in total. The number of fused-ring (bicyclic) bond motifs is 2. The Morgan fingerprint density at radius 3 is 2.31 bits per heavy atom. The van der Waals surface area contributed by atoms with E-state index < -0.39 is 0 Å². The maximum absolute atomic E-state index is 6.51. The van der Waals surface area contributed by atoms with E-state index in [1.165, 1.54) is 0 Å². The van der Waals surface area contributed by atoms with E-state index in [2.05, 4.69) is 22.2 Å². The van der Waals surface area contributed by atoms with Gasteiger partial charge in [0.05, 0.1) is 16.3 Å². The van der Waals surface area contributed by atoms with Crippen LogP contribution in [0.5, 0.6) is 0 Å². The molecule has 0 saturated heterocycles. The van der Waals surface area contributed by atoms with Crippen LogP contribution < -0.4 is 0 Å². The van der Waals surface area contributed by atoms with Gasteiger partial charge in [-0.25, -0.2) is 19.9 Å². The molecule has 0 saturated carbocycles. The molecule has 214 valence electrons. The third kappa shape index (κ3) is 4.13. The molecule has 7 aromatic heterocycles. The maximum atomic E-state index is 6.51. The number of para-hydroxylation sites is 1. The zero-order chi connectivity index (χ0) is 29.7. The number of H-pyrrole nitrogens is 2. The molecule has 0 aliphatic heterocycles. The van der Waals surface area contributed by atoms with Crippen molar-refractivity contribution >= 4 is 43.7 Å². The largest absolute Gasteiger partial charge is 0.455 e. The second-order valence-corrected chi connectivity index (χ2v) is 12.1. The lowest BCUT2D eigenvalue weighted by molar-refractivity contribution is 0.633. The number of hydrogen-bond donors (Lipinski definition) is 2. The van der Waals surface area contributed by atoms with Gasteiger partial charge in [0.15, 0.2) is 5.82 Å². The van der Waals surface area contributed by atoms with Crippen molar-refractivity contribution < 1.29 is 4.42 Å². The first-order chi connectivity index (χ1) is 22.3. The molecule has 0 amide bonds. The van der Waals surface area contributed by atoms with E-state index in [0.29, 0.717) is 11.6 Å². The highest BCUT2D eigenvalue weighted by Crippen LogP contribution is 2.57. The van der Waals surface area contributed by atoms with E-state index in [9.17, 15) is 0 Å². The fourth-order valence-electron chi connectivity index (χ4n) is 5.85. The number of nitrogens with one attached hydrogen (secondary N) is 2. The van der Waals surface area contributed by atoms with Gasteiger partial charge in [0.25, 0.3) is 0 Å². The van der Waals surface area contributed by atoms with E-state index in [0.717, 1.165) is 75.9 Å². The SMILES string of the molecule is c1ccc(-c2c(-c3ncc[nH]3)c(-c3nccs3)c3sc(-c4cc5ccccc5o4)c(-c4cc[nH]n4)c3c2-c2ncccn2)nc1. The number of thiazole rings is 1. The molecular weight excluding hydrogens is 601 g/mol. The highest BCUT2D eigenvalue weighted by atomic mass is 32.1. The summed E-state index contributed by atoms with van der Waals surface area (Å²) in [7, 11) is 0. The van der Waals surface area contributed by atoms with Crippen molar-refractivity contribution in [1.29, 1.82) is 0 Å². The topological polar surface area (TPSA) is 122 Å². The molecule has 11 heteroatoms. The Kier molecular flexibility index (Phi) is 5.96. The quantitative estimate of drug-likeness (QED) is 0.191. The van der Waals surface area contributed by atoms with Gasteiger partial charge in [-0.1, -0.05) is 24.3 Å². The zero-order valence-electron chi connectivity index (χ0n) is 23.3. The summed E-state index contributed by atoms with van der Waals surface area (Å²) in [6, 6.07) is 19.8. The summed E-state index contributed by atoms with van der Waals surface area (Å²) in [4.78, 5) is 28.4. The predicted octanol–water partition coefficient (Wildman–Crippen LogP) is 8.74. The van der Waals surface area contributed by atoms with E-state index in [1.54, 1.807) is 47.5 Å².